The molecule has 22 heavy (non-hydrogen) atoms. The summed E-state index contributed by atoms with van der Waals surface area (Å²) in [4.78, 5) is 8.89. The summed E-state index contributed by atoms with van der Waals surface area (Å²) in [7, 11) is 0.110. The summed E-state index contributed by atoms with van der Waals surface area (Å²) >= 11 is 0. The van der Waals surface area contributed by atoms with Crippen LogP contribution in [0.1, 0.15) is 33.3 Å². The monoisotopic (exact) mass is 318 g/mol. The van der Waals surface area contributed by atoms with E-state index in [0.29, 0.717) is 5.75 Å². The Bertz CT molecular complexity index is 592. The number of aromatic hydroxyl groups is 1. The molecule has 0 aliphatic heterocycles. The molecule has 2 aromatic rings. The minimum atomic E-state index is -1.08. The number of carboxylic acids is 1. The molecule has 0 amide bonds. The van der Waals surface area contributed by atoms with Gasteiger partial charge in [0, 0.05) is 5.97 Å². The van der Waals surface area contributed by atoms with Crippen LogP contribution < -0.4 is 15.7 Å². The number of benzene rings is 2. The highest BCUT2D eigenvalue weighted by atomic mass is 31.1. The Balaban J connectivity index is 0.000000541. The molecule has 0 aliphatic rings. The first-order valence-electron chi connectivity index (χ1n) is 7.10. The number of carbonyl (C=O) groups excluding carboxylic acids is 1. The number of aliphatic carboxylic acids is 1. The molecule has 0 spiro atoms. The fourth-order valence-electron chi connectivity index (χ4n) is 1.84. The molecule has 0 saturated heterocycles. The maximum atomic E-state index is 9.26. The second-order valence-corrected chi connectivity index (χ2v) is 7.72. The van der Waals surface area contributed by atoms with E-state index in [1.165, 1.54) is 16.2 Å². The van der Waals surface area contributed by atoms with Crippen LogP contribution >= 0.6 is 8.58 Å². The fourth-order valence-corrected chi connectivity index (χ4v) is 3.00. The van der Waals surface area contributed by atoms with Crippen LogP contribution in [0.15, 0.2) is 48.5 Å². The van der Waals surface area contributed by atoms with E-state index in [1.54, 1.807) is 12.1 Å². The van der Waals surface area contributed by atoms with E-state index in [1.807, 2.05) is 12.1 Å². The first-order chi connectivity index (χ1) is 10.2. The van der Waals surface area contributed by atoms with Crippen LogP contribution in [-0.4, -0.2) is 11.1 Å². The summed E-state index contributed by atoms with van der Waals surface area (Å²) < 4.78 is 0. The number of phenolic OH excluding ortho intramolecular Hbond substituents is 1. The van der Waals surface area contributed by atoms with Crippen LogP contribution in [0.4, 0.5) is 0 Å². The molecule has 1 atom stereocenters. The van der Waals surface area contributed by atoms with Crippen LogP contribution in [0, 0.1) is 0 Å². The van der Waals surface area contributed by atoms with Crippen LogP contribution in [0.2, 0.25) is 0 Å². The number of rotatable bonds is 2. The number of carbonyl (C=O) groups is 1. The molecule has 4 heteroatoms. The Morgan fingerprint density at radius 1 is 0.955 bits per heavy atom. The highest BCUT2D eigenvalue weighted by Crippen LogP contribution is 2.22. The lowest BCUT2D eigenvalue weighted by Gasteiger charge is -2.18. The van der Waals surface area contributed by atoms with E-state index in [9.17, 15) is 5.11 Å². The van der Waals surface area contributed by atoms with E-state index in [2.05, 4.69) is 45.0 Å². The van der Waals surface area contributed by atoms with Crippen LogP contribution in [0.3, 0.4) is 0 Å². The van der Waals surface area contributed by atoms with Crippen LogP contribution in [-0.2, 0) is 10.2 Å². The number of carboxylic acid groups (broad SMARTS) is 1. The van der Waals surface area contributed by atoms with Gasteiger partial charge in [-0.25, -0.2) is 0 Å². The van der Waals surface area contributed by atoms with Gasteiger partial charge in [-0.15, -0.1) is 0 Å². The second kappa shape index (κ2) is 7.95. The summed E-state index contributed by atoms with van der Waals surface area (Å²) in [5.41, 5.74) is 1.59. The smallest absolute Gasteiger partial charge is 0.115 e. The fraction of sp³-hybridized carbons (Fsp3) is 0.278. The van der Waals surface area contributed by atoms with Gasteiger partial charge in [0.2, 0.25) is 0 Å². The first-order valence-corrected chi connectivity index (χ1v) is 8.26. The average molecular weight is 318 g/mol. The first kappa shape index (κ1) is 18.2. The predicted octanol–water partition coefficient (Wildman–Crippen LogP) is 1.81. The van der Waals surface area contributed by atoms with Crippen molar-refractivity contribution in [2.24, 2.45) is 0 Å². The van der Waals surface area contributed by atoms with Gasteiger partial charge in [-0.05, 0) is 54.3 Å². The molecule has 1 N–H and O–H groups in total. The van der Waals surface area contributed by atoms with Crippen molar-refractivity contribution < 1.29 is 15.0 Å². The molecule has 2 aromatic carbocycles. The van der Waals surface area contributed by atoms with Gasteiger partial charge in [-0.2, -0.15) is 0 Å². The molecule has 0 aromatic heterocycles. The Hall–Kier alpha value is -1.86. The third-order valence-electron chi connectivity index (χ3n) is 3.00. The topological polar surface area (TPSA) is 60.4 Å². The predicted molar refractivity (Wildman–Crippen MR) is 92.9 cm³/mol. The third kappa shape index (κ3) is 6.73. The van der Waals surface area contributed by atoms with Gasteiger partial charge in [0.1, 0.15) is 5.75 Å². The number of hydrogen-bond donors (Lipinski definition) is 1. The maximum Gasteiger partial charge on any atom is 0.115 e. The summed E-state index contributed by atoms with van der Waals surface area (Å²) in [5, 5.41) is 20.8. The molecule has 0 fully saturated rings. The lowest BCUT2D eigenvalue weighted by atomic mass is 9.87. The van der Waals surface area contributed by atoms with E-state index in [-0.39, 0.29) is 14.0 Å². The molecule has 0 radical (unpaired) electrons. The third-order valence-corrected chi connectivity index (χ3v) is 4.44. The molecule has 3 nitrogen and oxygen atoms in total. The molecular weight excluding hydrogens is 295 g/mol. The summed E-state index contributed by atoms with van der Waals surface area (Å²) in [6.45, 7) is 7.67. The highest BCUT2D eigenvalue weighted by molar-refractivity contribution is 7.55. The van der Waals surface area contributed by atoms with Gasteiger partial charge in [-0.3, -0.25) is 0 Å². The molecule has 0 heterocycles. The molecule has 0 aliphatic carbocycles. The molecule has 0 saturated carbocycles. The summed E-state index contributed by atoms with van der Waals surface area (Å²) in [5.74, 6) is -0.749. The van der Waals surface area contributed by atoms with E-state index in [0.717, 1.165) is 6.92 Å². The minimum absolute atomic E-state index is 0.110. The Labute approximate surface area is 133 Å². The standard InChI is InChI=1S/C16H19OP.C2H4O2/c1-16(2,3)12-4-8-14(9-5-12)18-15-10-6-13(17)7-11-15;1-2(3)4/h4-11,17-18H,1-3H3;1H3,(H,3,4). The van der Waals surface area contributed by atoms with Crippen molar-refractivity contribution in [3.05, 3.63) is 54.1 Å². The lowest BCUT2D eigenvalue weighted by Crippen LogP contribution is -2.16. The van der Waals surface area contributed by atoms with E-state index < -0.39 is 5.97 Å². The average Bonchev–Trinajstić information content (AvgIpc) is 2.40. The van der Waals surface area contributed by atoms with Gasteiger partial charge in [0.25, 0.3) is 0 Å². The van der Waals surface area contributed by atoms with E-state index >= 15 is 0 Å². The van der Waals surface area contributed by atoms with Crippen molar-refractivity contribution in [2.75, 3.05) is 0 Å². The Morgan fingerprint density at radius 3 is 1.68 bits per heavy atom. The zero-order chi connectivity index (χ0) is 16.8. The Kier molecular flexibility index (Phi) is 6.58. The maximum absolute atomic E-state index is 9.26. The quantitative estimate of drug-likeness (QED) is 0.859. The van der Waals surface area contributed by atoms with Gasteiger partial charge in [0.15, 0.2) is 0 Å². The van der Waals surface area contributed by atoms with Crippen LogP contribution in [0.25, 0.3) is 0 Å². The Morgan fingerprint density at radius 2 is 1.32 bits per heavy atom. The van der Waals surface area contributed by atoms with Crippen molar-refractivity contribution in [3.63, 3.8) is 0 Å². The van der Waals surface area contributed by atoms with Gasteiger partial charge in [0.05, 0.1) is 19.2 Å². The number of hydrogen-bond acceptors (Lipinski definition) is 3. The van der Waals surface area contributed by atoms with Crippen molar-refractivity contribution in [3.8, 4) is 5.75 Å². The van der Waals surface area contributed by atoms with Crippen molar-refractivity contribution in [2.45, 2.75) is 33.1 Å². The molecule has 0 bridgehead atoms. The van der Waals surface area contributed by atoms with E-state index in [4.69, 9.17) is 9.90 Å². The summed E-state index contributed by atoms with van der Waals surface area (Å²) in [6, 6.07) is 16.4. The van der Waals surface area contributed by atoms with Gasteiger partial charge < -0.3 is 15.0 Å². The SMILES string of the molecule is CC(=O)[O-].CC(C)(C)c1ccc([PH2+]c2ccc(O)cc2)cc1. The largest absolute Gasteiger partial charge is 0.550 e. The molecule has 1 unspecified atom stereocenters. The number of phenols is 1. The zero-order valence-corrected chi connectivity index (χ0v) is 14.6. The normalized spacial score (nSPS) is 11.1. The van der Waals surface area contributed by atoms with Crippen molar-refractivity contribution in [1.29, 1.82) is 0 Å². The minimum Gasteiger partial charge on any atom is -0.550 e. The summed E-state index contributed by atoms with van der Waals surface area (Å²) in [6.07, 6.45) is 0. The van der Waals surface area contributed by atoms with Crippen molar-refractivity contribution >= 4 is 25.2 Å². The van der Waals surface area contributed by atoms with Gasteiger partial charge in [-0.1, -0.05) is 32.9 Å². The molecule has 2 rings (SSSR count). The zero-order valence-electron chi connectivity index (χ0n) is 13.5. The van der Waals surface area contributed by atoms with Gasteiger partial charge >= 0.3 is 0 Å². The highest BCUT2D eigenvalue weighted by Gasteiger charge is 2.13. The lowest BCUT2D eigenvalue weighted by molar-refractivity contribution is -0.302. The van der Waals surface area contributed by atoms with Crippen LogP contribution in [0.5, 0.6) is 5.75 Å². The molecule has 118 valence electrons. The van der Waals surface area contributed by atoms with Crippen molar-refractivity contribution in [1.82, 2.24) is 0 Å². The molecular formula is C18H23O3P. The second-order valence-electron chi connectivity index (χ2n) is 6.10.